The number of carbonyl (C=O) groups excluding carboxylic acids is 1. The number of anilines is 1. The van der Waals surface area contributed by atoms with Crippen LogP contribution >= 0.6 is 11.6 Å². The zero-order chi connectivity index (χ0) is 16.2. The molecule has 3 heterocycles. The van der Waals surface area contributed by atoms with Gasteiger partial charge in [-0.1, -0.05) is 11.6 Å². The third-order valence-corrected chi connectivity index (χ3v) is 3.82. The summed E-state index contributed by atoms with van der Waals surface area (Å²) in [5, 5.41) is 0.240. The summed E-state index contributed by atoms with van der Waals surface area (Å²) in [6.07, 6.45) is 3.43. The number of aromatic nitrogens is 3. The third-order valence-electron chi connectivity index (χ3n) is 3.63. The highest BCUT2D eigenvalue weighted by Gasteiger charge is 2.24. The molecule has 1 aliphatic rings. The van der Waals surface area contributed by atoms with Gasteiger partial charge >= 0.3 is 0 Å². The van der Waals surface area contributed by atoms with E-state index in [1.165, 1.54) is 7.11 Å². The molecule has 0 aliphatic carbocycles. The van der Waals surface area contributed by atoms with Crippen LogP contribution in [0.5, 0.6) is 5.88 Å². The molecular weight excluding hydrogens is 318 g/mol. The van der Waals surface area contributed by atoms with Crippen molar-refractivity contribution in [3.05, 3.63) is 41.3 Å². The Morgan fingerprint density at radius 2 is 1.87 bits per heavy atom. The Morgan fingerprint density at radius 1 is 1.17 bits per heavy atom. The number of ether oxygens (including phenoxy) is 1. The monoisotopic (exact) mass is 333 g/mol. The summed E-state index contributed by atoms with van der Waals surface area (Å²) < 4.78 is 5.06. The molecule has 8 heteroatoms. The van der Waals surface area contributed by atoms with Gasteiger partial charge < -0.3 is 14.5 Å². The Hall–Kier alpha value is -2.41. The number of piperazine rings is 1. The number of carbonyl (C=O) groups is 1. The quantitative estimate of drug-likeness (QED) is 0.793. The molecule has 1 fully saturated rings. The van der Waals surface area contributed by atoms with E-state index in [1.807, 2.05) is 0 Å². The van der Waals surface area contributed by atoms with Crippen LogP contribution in [-0.2, 0) is 0 Å². The van der Waals surface area contributed by atoms with Crippen molar-refractivity contribution in [3.8, 4) is 5.88 Å². The van der Waals surface area contributed by atoms with Crippen LogP contribution in [0.15, 0.2) is 30.6 Å². The standard InChI is InChI=1S/C15H16ClN5O2/c1-23-13-10-11(9-12(16)19-13)14(22)20-5-7-21(8-6-20)15-17-3-2-4-18-15/h2-4,9-10H,5-8H2,1H3. The molecule has 120 valence electrons. The van der Waals surface area contributed by atoms with E-state index in [-0.39, 0.29) is 11.1 Å². The number of nitrogens with zero attached hydrogens (tertiary/aromatic N) is 5. The number of halogens is 1. The summed E-state index contributed by atoms with van der Waals surface area (Å²) in [5.41, 5.74) is 0.478. The van der Waals surface area contributed by atoms with Gasteiger partial charge in [0.15, 0.2) is 0 Å². The van der Waals surface area contributed by atoms with Gasteiger partial charge in [-0.3, -0.25) is 4.79 Å². The molecule has 0 unspecified atom stereocenters. The van der Waals surface area contributed by atoms with Crippen molar-refractivity contribution in [2.75, 3.05) is 38.2 Å². The Morgan fingerprint density at radius 3 is 2.52 bits per heavy atom. The molecule has 0 aromatic carbocycles. The van der Waals surface area contributed by atoms with E-state index in [2.05, 4.69) is 19.9 Å². The summed E-state index contributed by atoms with van der Waals surface area (Å²) in [5.74, 6) is 0.937. The lowest BCUT2D eigenvalue weighted by Crippen LogP contribution is -2.49. The molecule has 1 saturated heterocycles. The highest BCUT2D eigenvalue weighted by Crippen LogP contribution is 2.19. The van der Waals surface area contributed by atoms with Crippen molar-refractivity contribution in [3.63, 3.8) is 0 Å². The first-order valence-electron chi connectivity index (χ1n) is 7.20. The van der Waals surface area contributed by atoms with E-state index in [0.29, 0.717) is 43.6 Å². The summed E-state index contributed by atoms with van der Waals surface area (Å²) in [6, 6.07) is 4.93. The van der Waals surface area contributed by atoms with Crippen molar-refractivity contribution in [1.29, 1.82) is 0 Å². The van der Waals surface area contributed by atoms with Crippen molar-refractivity contribution in [1.82, 2.24) is 19.9 Å². The molecule has 1 amide bonds. The fourth-order valence-corrected chi connectivity index (χ4v) is 2.65. The molecule has 3 rings (SSSR count). The van der Waals surface area contributed by atoms with Crippen LogP contribution in [0.1, 0.15) is 10.4 Å². The molecular formula is C15H16ClN5O2. The number of rotatable bonds is 3. The summed E-state index contributed by atoms with van der Waals surface area (Å²) in [7, 11) is 1.49. The van der Waals surface area contributed by atoms with E-state index in [1.54, 1.807) is 35.5 Å². The minimum atomic E-state index is -0.0822. The van der Waals surface area contributed by atoms with Crippen LogP contribution in [-0.4, -0.2) is 59.0 Å². The van der Waals surface area contributed by atoms with Gasteiger partial charge in [0.05, 0.1) is 7.11 Å². The third kappa shape index (κ3) is 3.50. The fourth-order valence-electron chi connectivity index (χ4n) is 2.45. The molecule has 0 N–H and O–H groups in total. The first-order chi connectivity index (χ1) is 11.2. The fraction of sp³-hybridized carbons (Fsp3) is 0.333. The zero-order valence-corrected chi connectivity index (χ0v) is 13.4. The Kier molecular flexibility index (Phi) is 4.57. The second-order valence-corrected chi connectivity index (χ2v) is 5.44. The Bertz CT molecular complexity index is 690. The first kappa shape index (κ1) is 15.5. The van der Waals surface area contributed by atoms with Crippen LogP contribution in [0, 0.1) is 0 Å². The maximum absolute atomic E-state index is 12.6. The van der Waals surface area contributed by atoms with Crippen LogP contribution < -0.4 is 9.64 Å². The first-order valence-corrected chi connectivity index (χ1v) is 7.58. The van der Waals surface area contributed by atoms with Crippen molar-refractivity contribution >= 4 is 23.5 Å². The van der Waals surface area contributed by atoms with Gasteiger partial charge in [0.1, 0.15) is 5.15 Å². The topological polar surface area (TPSA) is 71.5 Å². The van der Waals surface area contributed by atoms with Gasteiger partial charge in [-0.15, -0.1) is 0 Å². The molecule has 23 heavy (non-hydrogen) atoms. The zero-order valence-electron chi connectivity index (χ0n) is 12.6. The predicted octanol–water partition coefficient (Wildman–Crippen LogP) is 1.50. The smallest absolute Gasteiger partial charge is 0.254 e. The molecule has 0 atom stereocenters. The Labute approximate surface area is 138 Å². The van der Waals surface area contributed by atoms with E-state index in [9.17, 15) is 4.79 Å². The van der Waals surface area contributed by atoms with Gasteiger partial charge in [-0.05, 0) is 12.1 Å². The number of methoxy groups -OCH3 is 1. The van der Waals surface area contributed by atoms with Crippen molar-refractivity contribution < 1.29 is 9.53 Å². The second kappa shape index (κ2) is 6.78. The van der Waals surface area contributed by atoms with Crippen molar-refractivity contribution in [2.45, 2.75) is 0 Å². The van der Waals surface area contributed by atoms with E-state index < -0.39 is 0 Å². The highest BCUT2D eigenvalue weighted by molar-refractivity contribution is 6.29. The number of pyridine rings is 1. The van der Waals surface area contributed by atoms with Gasteiger partial charge in [-0.2, -0.15) is 0 Å². The normalized spacial score (nSPS) is 14.7. The van der Waals surface area contributed by atoms with Gasteiger partial charge in [0.25, 0.3) is 5.91 Å². The molecule has 1 aliphatic heterocycles. The van der Waals surface area contributed by atoms with Crippen LogP contribution in [0.3, 0.4) is 0 Å². The SMILES string of the molecule is COc1cc(C(=O)N2CCN(c3ncccn3)CC2)cc(Cl)n1. The number of hydrogen-bond acceptors (Lipinski definition) is 6. The van der Waals surface area contributed by atoms with Crippen LogP contribution in [0.25, 0.3) is 0 Å². The van der Waals surface area contributed by atoms with Gasteiger partial charge in [-0.25, -0.2) is 15.0 Å². The van der Waals surface area contributed by atoms with Crippen LogP contribution in [0.4, 0.5) is 5.95 Å². The Balaban J connectivity index is 1.68. The second-order valence-electron chi connectivity index (χ2n) is 5.05. The molecule has 2 aromatic rings. The van der Waals surface area contributed by atoms with E-state index >= 15 is 0 Å². The lowest BCUT2D eigenvalue weighted by atomic mass is 10.2. The minimum absolute atomic E-state index is 0.0822. The molecule has 0 radical (unpaired) electrons. The van der Waals surface area contributed by atoms with Gasteiger partial charge in [0, 0.05) is 50.2 Å². The highest BCUT2D eigenvalue weighted by atomic mass is 35.5. The summed E-state index contributed by atoms with van der Waals surface area (Å²) >= 11 is 5.93. The minimum Gasteiger partial charge on any atom is -0.481 e. The van der Waals surface area contributed by atoms with E-state index in [4.69, 9.17) is 16.3 Å². The molecule has 0 saturated carbocycles. The molecule has 7 nitrogen and oxygen atoms in total. The molecule has 0 spiro atoms. The lowest BCUT2D eigenvalue weighted by Gasteiger charge is -2.34. The van der Waals surface area contributed by atoms with E-state index in [0.717, 1.165) is 0 Å². The van der Waals surface area contributed by atoms with Gasteiger partial charge in [0.2, 0.25) is 11.8 Å². The molecule has 0 bridgehead atoms. The summed E-state index contributed by atoms with van der Waals surface area (Å²) in [4.78, 5) is 28.9. The maximum atomic E-state index is 12.6. The average Bonchev–Trinajstić information content (AvgIpc) is 2.61. The number of hydrogen-bond donors (Lipinski definition) is 0. The van der Waals surface area contributed by atoms with Crippen LogP contribution in [0.2, 0.25) is 5.15 Å². The van der Waals surface area contributed by atoms with Crippen molar-refractivity contribution in [2.24, 2.45) is 0 Å². The predicted molar refractivity (Wildman–Crippen MR) is 85.9 cm³/mol. The largest absolute Gasteiger partial charge is 0.481 e. The maximum Gasteiger partial charge on any atom is 0.254 e. The lowest BCUT2D eigenvalue weighted by molar-refractivity contribution is 0.0745. The summed E-state index contributed by atoms with van der Waals surface area (Å²) in [6.45, 7) is 2.57. The number of amides is 1. The molecule has 2 aromatic heterocycles. The average molecular weight is 334 g/mol.